The molecule has 2 unspecified atom stereocenters. The topological polar surface area (TPSA) is 38.0 Å². The van der Waals surface area contributed by atoms with Gasteiger partial charge in [0, 0.05) is 23.7 Å². The molecule has 0 amide bonds. The van der Waals surface area contributed by atoms with Gasteiger partial charge in [0.1, 0.15) is 0 Å². The first kappa shape index (κ1) is 14.8. The van der Waals surface area contributed by atoms with Gasteiger partial charge in [-0.3, -0.25) is 0 Å². The molecule has 2 rings (SSSR count). The van der Waals surface area contributed by atoms with Crippen molar-refractivity contribution >= 4 is 11.6 Å². The van der Waals surface area contributed by atoms with Crippen LogP contribution in [0.15, 0.2) is 18.2 Å². The highest BCUT2D eigenvalue weighted by molar-refractivity contribution is 6.30. The minimum atomic E-state index is 0.233. The first-order valence-electron chi connectivity index (χ1n) is 7.13. The molecule has 19 heavy (non-hydrogen) atoms. The summed E-state index contributed by atoms with van der Waals surface area (Å²) >= 11 is 6.02. The SMILES string of the molecule is Cc1cc(Cl)ccc1C(CN)NC1CCC(C)(C)C1. The van der Waals surface area contributed by atoms with E-state index in [1.165, 1.54) is 30.4 Å². The molecule has 3 N–H and O–H groups in total. The molecular weight excluding hydrogens is 256 g/mol. The van der Waals surface area contributed by atoms with Gasteiger partial charge >= 0.3 is 0 Å². The molecule has 0 aliphatic heterocycles. The van der Waals surface area contributed by atoms with E-state index in [1.807, 2.05) is 12.1 Å². The summed E-state index contributed by atoms with van der Waals surface area (Å²) in [6.07, 6.45) is 3.77. The van der Waals surface area contributed by atoms with Crippen LogP contribution in [0.4, 0.5) is 0 Å². The summed E-state index contributed by atoms with van der Waals surface area (Å²) in [5, 5.41) is 4.52. The Balaban J connectivity index is 2.08. The van der Waals surface area contributed by atoms with Crippen molar-refractivity contribution in [3.8, 4) is 0 Å². The third-order valence-electron chi connectivity index (χ3n) is 4.25. The first-order chi connectivity index (χ1) is 8.91. The number of nitrogens with two attached hydrogens (primary N) is 1. The van der Waals surface area contributed by atoms with E-state index in [0.29, 0.717) is 18.0 Å². The first-order valence-corrected chi connectivity index (χ1v) is 7.51. The van der Waals surface area contributed by atoms with E-state index < -0.39 is 0 Å². The Morgan fingerprint density at radius 2 is 2.21 bits per heavy atom. The van der Waals surface area contributed by atoms with Crippen molar-refractivity contribution in [2.75, 3.05) is 6.54 Å². The van der Waals surface area contributed by atoms with Crippen molar-refractivity contribution in [3.05, 3.63) is 34.3 Å². The lowest BCUT2D eigenvalue weighted by molar-refractivity contribution is 0.353. The molecule has 0 saturated heterocycles. The summed E-state index contributed by atoms with van der Waals surface area (Å²) in [6, 6.07) is 6.88. The van der Waals surface area contributed by atoms with Crippen LogP contribution < -0.4 is 11.1 Å². The Kier molecular flexibility index (Phi) is 4.54. The van der Waals surface area contributed by atoms with Crippen LogP contribution >= 0.6 is 11.6 Å². The second kappa shape index (κ2) is 5.82. The number of aryl methyl sites for hydroxylation is 1. The molecular formula is C16H25ClN2. The number of halogens is 1. The normalized spacial score (nSPS) is 23.5. The maximum atomic E-state index is 6.02. The minimum absolute atomic E-state index is 0.233. The second-order valence-corrected chi connectivity index (χ2v) is 7.00. The third kappa shape index (κ3) is 3.71. The number of hydrogen-bond donors (Lipinski definition) is 2. The van der Waals surface area contributed by atoms with Crippen LogP contribution in [0.3, 0.4) is 0 Å². The number of hydrogen-bond acceptors (Lipinski definition) is 2. The lowest BCUT2D eigenvalue weighted by atomic mass is 9.91. The summed E-state index contributed by atoms with van der Waals surface area (Å²) in [7, 11) is 0. The van der Waals surface area contributed by atoms with Gasteiger partial charge in [0.2, 0.25) is 0 Å². The van der Waals surface area contributed by atoms with E-state index in [0.717, 1.165) is 5.02 Å². The number of rotatable bonds is 4. The molecule has 1 saturated carbocycles. The third-order valence-corrected chi connectivity index (χ3v) is 4.48. The lowest BCUT2D eigenvalue weighted by Crippen LogP contribution is -2.36. The lowest BCUT2D eigenvalue weighted by Gasteiger charge is -2.25. The van der Waals surface area contributed by atoms with Crippen LogP contribution in [-0.2, 0) is 0 Å². The van der Waals surface area contributed by atoms with Crippen molar-refractivity contribution in [2.24, 2.45) is 11.1 Å². The van der Waals surface area contributed by atoms with Gasteiger partial charge in [0.25, 0.3) is 0 Å². The van der Waals surface area contributed by atoms with Crippen LogP contribution in [-0.4, -0.2) is 12.6 Å². The zero-order valence-corrected chi connectivity index (χ0v) is 12.9. The number of nitrogens with one attached hydrogen (secondary N) is 1. The Morgan fingerprint density at radius 1 is 1.47 bits per heavy atom. The summed E-state index contributed by atoms with van der Waals surface area (Å²) in [6.45, 7) is 7.42. The standard InChI is InChI=1S/C16H25ClN2/c1-11-8-12(17)4-5-14(11)15(10-18)19-13-6-7-16(2,3)9-13/h4-5,8,13,15,19H,6-7,9-10,18H2,1-3H3. The van der Waals surface area contributed by atoms with Gasteiger partial charge in [-0.15, -0.1) is 0 Å². The zero-order valence-electron chi connectivity index (χ0n) is 12.2. The summed E-state index contributed by atoms with van der Waals surface area (Å²) < 4.78 is 0. The molecule has 0 bridgehead atoms. The smallest absolute Gasteiger partial charge is 0.0449 e. The Morgan fingerprint density at radius 3 is 2.74 bits per heavy atom. The van der Waals surface area contributed by atoms with Crippen molar-refractivity contribution < 1.29 is 0 Å². The molecule has 2 nitrogen and oxygen atoms in total. The predicted octanol–water partition coefficient (Wildman–Crippen LogP) is 3.82. The summed E-state index contributed by atoms with van der Waals surface area (Å²) in [4.78, 5) is 0. The highest BCUT2D eigenvalue weighted by atomic mass is 35.5. The minimum Gasteiger partial charge on any atom is -0.329 e. The molecule has 0 spiro atoms. The largest absolute Gasteiger partial charge is 0.329 e. The zero-order chi connectivity index (χ0) is 14.0. The van der Waals surface area contributed by atoms with Crippen LogP contribution in [0, 0.1) is 12.3 Å². The van der Waals surface area contributed by atoms with E-state index in [2.05, 4.69) is 32.2 Å². The monoisotopic (exact) mass is 280 g/mol. The van der Waals surface area contributed by atoms with Gasteiger partial charge < -0.3 is 11.1 Å². The Labute approximate surface area is 121 Å². The highest BCUT2D eigenvalue weighted by Gasteiger charge is 2.32. The van der Waals surface area contributed by atoms with Gasteiger partial charge in [-0.1, -0.05) is 31.5 Å². The van der Waals surface area contributed by atoms with E-state index in [-0.39, 0.29) is 6.04 Å². The van der Waals surface area contributed by atoms with E-state index in [4.69, 9.17) is 17.3 Å². The van der Waals surface area contributed by atoms with Crippen LogP contribution in [0.2, 0.25) is 5.02 Å². The van der Waals surface area contributed by atoms with E-state index in [1.54, 1.807) is 0 Å². The van der Waals surface area contributed by atoms with Crippen molar-refractivity contribution in [3.63, 3.8) is 0 Å². The molecule has 1 aliphatic rings. The van der Waals surface area contributed by atoms with Crippen molar-refractivity contribution in [1.82, 2.24) is 5.32 Å². The van der Waals surface area contributed by atoms with Gasteiger partial charge in [-0.2, -0.15) is 0 Å². The molecule has 1 aliphatic carbocycles. The van der Waals surface area contributed by atoms with E-state index in [9.17, 15) is 0 Å². The average molecular weight is 281 g/mol. The average Bonchev–Trinajstić information content (AvgIpc) is 2.66. The van der Waals surface area contributed by atoms with Crippen LogP contribution in [0.1, 0.15) is 50.3 Å². The fourth-order valence-electron chi connectivity index (χ4n) is 3.18. The maximum absolute atomic E-state index is 6.02. The summed E-state index contributed by atoms with van der Waals surface area (Å²) in [5.41, 5.74) is 8.92. The molecule has 2 atom stereocenters. The van der Waals surface area contributed by atoms with Crippen molar-refractivity contribution in [1.29, 1.82) is 0 Å². The molecule has 0 heterocycles. The van der Waals surface area contributed by atoms with E-state index >= 15 is 0 Å². The predicted molar refractivity (Wildman–Crippen MR) is 82.5 cm³/mol. The van der Waals surface area contributed by atoms with Crippen LogP contribution in [0.25, 0.3) is 0 Å². The Bertz CT molecular complexity index is 442. The molecule has 106 valence electrons. The fourth-order valence-corrected chi connectivity index (χ4v) is 3.40. The molecule has 1 fully saturated rings. The summed E-state index contributed by atoms with van der Waals surface area (Å²) in [5.74, 6) is 0. The van der Waals surface area contributed by atoms with Gasteiger partial charge in [0.05, 0.1) is 0 Å². The molecule has 1 aromatic rings. The highest BCUT2D eigenvalue weighted by Crippen LogP contribution is 2.38. The molecule has 0 radical (unpaired) electrons. The number of benzene rings is 1. The van der Waals surface area contributed by atoms with Gasteiger partial charge in [-0.05, 0) is 54.9 Å². The molecule has 1 aromatic carbocycles. The van der Waals surface area contributed by atoms with Crippen LogP contribution in [0.5, 0.6) is 0 Å². The fraction of sp³-hybridized carbons (Fsp3) is 0.625. The molecule has 3 heteroatoms. The second-order valence-electron chi connectivity index (χ2n) is 6.56. The van der Waals surface area contributed by atoms with Gasteiger partial charge in [-0.25, -0.2) is 0 Å². The van der Waals surface area contributed by atoms with Crippen molar-refractivity contribution in [2.45, 2.75) is 52.1 Å². The molecule has 0 aromatic heterocycles. The quantitative estimate of drug-likeness (QED) is 0.880. The maximum Gasteiger partial charge on any atom is 0.0449 e. The Hall–Kier alpha value is -0.570. The van der Waals surface area contributed by atoms with Gasteiger partial charge in [0.15, 0.2) is 0 Å².